The Morgan fingerprint density at radius 1 is 1.17 bits per heavy atom. The fraction of sp³-hybridized carbons (Fsp3) is 0.500. The molecule has 0 spiro atoms. The molecule has 2 rings (SSSR count). The van der Waals surface area contributed by atoms with E-state index < -0.39 is 0 Å². The smallest absolute Gasteiger partial charge is 0.227 e. The summed E-state index contributed by atoms with van der Waals surface area (Å²) in [5.74, 6) is 1.19. The molecule has 0 fully saturated rings. The van der Waals surface area contributed by atoms with Crippen molar-refractivity contribution in [2.45, 2.75) is 32.1 Å². The van der Waals surface area contributed by atoms with Gasteiger partial charge in [0.1, 0.15) is 12.0 Å². The Balaban J connectivity index is 1.83. The van der Waals surface area contributed by atoms with Gasteiger partial charge >= 0.3 is 0 Å². The van der Waals surface area contributed by atoms with Crippen LogP contribution < -0.4 is 5.73 Å². The average molecular weight is 247 g/mol. The van der Waals surface area contributed by atoms with Crippen LogP contribution in [0.25, 0.3) is 11.5 Å². The highest BCUT2D eigenvalue weighted by Crippen LogP contribution is 2.13. The Labute approximate surface area is 106 Å². The van der Waals surface area contributed by atoms with Gasteiger partial charge in [0.2, 0.25) is 11.7 Å². The van der Waals surface area contributed by atoms with E-state index in [0.717, 1.165) is 38.6 Å². The minimum atomic E-state index is 0.523. The molecule has 0 unspecified atom stereocenters. The summed E-state index contributed by atoms with van der Waals surface area (Å²) in [6.07, 6.45) is 8.36. The van der Waals surface area contributed by atoms with E-state index in [9.17, 15) is 0 Å². The Kier molecular flexibility index (Phi) is 4.78. The summed E-state index contributed by atoms with van der Waals surface area (Å²) >= 11 is 0. The van der Waals surface area contributed by atoms with Gasteiger partial charge in [-0.2, -0.15) is 4.98 Å². The second-order valence-electron chi connectivity index (χ2n) is 4.06. The minimum absolute atomic E-state index is 0.523. The molecule has 2 aromatic rings. The van der Waals surface area contributed by atoms with Gasteiger partial charge in [0, 0.05) is 12.6 Å². The fourth-order valence-electron chi connectivity index (χ4n) is 1.66. The van der Waals surface area contributed by atoms with E-state index in [1.54, 1.807) is 12.3 Å². The maximum absolute atomic E-state index is 5.44. The third-order valence-corrected chi connectivity index (χ3v) is 2.62. The lowest BCUT2D eigenvalue weighted by Gasteiger charge is -1.96. The summed E-state index contributed by atoms with van der Waals surface area (Å²) < 4.78 is 5.18. The number of rotatable bonds is 7. The summed E-state index contributed by atoms with van der Waals surface area (Å²) in [5.41, 5.74) is 6.12. The largest absolute Gasteiger partial charge is 0.339 e. The standard InChI is InChI=1S/C12H17N5O/c13-7-4-2-1-3-5-11-16-12(17-18-11)10-6-8-14-9-15-10/h6,8-9H,1-5,7,13H2. The van der Waals surface area contributed by atoms with Crippen LogP contribution in [0.5, 0.6) is 0 Å². The van der Waals surface area contributed by atoms with Crippen LogP contribution >= 0.6 is 0 Å². The van der Waals surface area contributed by atoms with Gasteiger partial charge in [-0.15, -0.1) is 0 Å². The van der Waals surface area contributed by atoms with Crippen LogP contribution in [0.15, 0.2) is 23.1 Å². The molecule has 0 radical (unpaired) electrons. The monoisotopic (exact) mass is 247 g/mol. The first-order valence-electron chi connectivity index (χ1n) is 6.19. The van der Waals surface area contributed by atoms with Crippen LogP contribution in [0, 0.1) is 0 Å². The lowest BCUT2D eigenvalue weighted by atomic mass is 10.1. The van der Waals surface area contributed by atoms with Crippen molar-refractivity contribution in [1.29, 1.82) is 0 Å². The number of hydrogen-bond acceptors (Lipinski definition) is 6. The molecular weight excluding hydrogens is 230 g/mol. The number of nitrogens with zero attached hydrogens (tertiary/aromatic N) is 4. The van der Waals surface area contributed by atoms with Gasteiger partial charge in [-0.3, -0.25) is 0 Å². The molecule has 0 saturated carbocycles. The van der Waals surface area contributed by atoms with Gasteiger partial charge in [-0.25, -0.2) is 9.97 Å². The van der Waals surface area contributed by atoms with Crippen molar-refractivity contribution < 1.29 is 4.52 Å². The zero-order valence-electron chi connectivity index (χ0n) is 10.2. The summed E-state index contributed by atoms with van der Waals surface area (Å²) in [5, 5.41) is 3.91. The summed E-state index contributed by atoms with van der Waals surface area (Å²) in [6.45, 7) is 0.762. The van der Waals surface area contributed by atoms with Gasteiger partial charge < -0.3 is 10.3 Å². The first kappa shape index (κ1) is 12.6. The van der Waals surface area contributed by atoms with Crippen LogP contribution in [0.4, 0.5) is 0 Å². The van der Waals surface area contributed by atoms with Crippen molar-refractivity contribution in [3.8, 4) is 11.5 Å². The van der Waals surface area contributed by atoms with Crippen LogP contribution in [-0.2, 0) is 6.42 Å². The molecule has 6 nitrogen and oxygen atoms in total. The Morgan fingerprint density at radius 3 is 2.83 bits per heavy atom. The molecular formula is C12H17N5O. The molecule has 2 aromatic heterocycles. The third-order valence-electron chi connectivity index (χ3n) is 2.62. The van der Waals surface area contributed by atoms with Crippen molar-refractivity contribution >= 4 is 0 Å². The number of nitrogens with two attached hydrogens (primary N) is 1. The van der Waals surface area contributed by atoms with Gasteiger partial charge in [0.15, 0.2) is 0 Å². The lowest BCUT2D eigenvalue weighted by molar-refractivity contribution is 0.374. The normalized spacial score (nSPS) is 10.7. The predicted molar refractivity (Wildman–Crippen MR) is 66.6 cm³/mol. The highest BCUT2D eigenvalue weighted by atomic mass is 16.5. The minimum Gasteiger partial charge on any atom is -0.339 e. The van der Waals surface area contributed by atoms with Gasteiger partial charge in [0.25, 0.3) is 0 Å². The Bertz CT molecular complexity index is 457. The van der Waals surface area contributed by atoms with Gasteiger partial charge in [0.05, 0.1) is 0 Å². The van der Waals surface area contributed by atoms with E-state index in [2.05, 4.69) is 20.1 Å². The van der Waals surface area contributed by atoms with E-state index in [0.29, 0.717) is 17.4 Å². The lowest BCUT2D eigenvalue weighted by Crippen LogP contribution is -1.97. The first-order chi connectivity index (χ1) is 8.90. The van der Waals surface area contributed by atoms with E-state index in [1.807, 2.05) is 0 Å². The number of aromatic nitrogens is 4. The van der Waals surface area contributed by atoms with Crippen molar-refractivity contribution in [3.05, 3.63) is 24.5 Å². The topological polar surface area (TPSA) is 90.7 Å². The zero-order chi connectivity index (χ0) is 12.6. The van der Waals surface area contributed by atoms with Crippen molar-refractivity contribution in [3.63, 3.8) is 0 Å². The molecule has 2 N–H and O–H groups in total. The molecule has 96 valence electrons. The fourth-order valence-corrected chi connectivity index (χ4v) is 1.66. The van der Waals surface area contributed by atoms with Crippen LogP contribution in [0.2, 0.25) is 0 Å². The Morgan fingerprint density at radius 2 is 2.06 bits per heavy atom. The second kappa shape index (κ2) is 6.80. The summed E-state index contributed by atoms with van der Waals surface area (Å²) in [4.78, 5) is 12.2. The van der Waals surface area contributed by atoms with E-state index >= 15 is 0 Å². The second-order valence-corrected chi connectivity index (χ2v) is 4.06. The molecule has 18 heavy (non-hydrogen) atoms. The van der Waals surface area contributed by atoms with Gasteiger partial charge in [-0.1, -0.05) is 18.0 Å². The summed E-state index contributed by atoms with van der Waals surface area (Å²) in [6, 6.07) is 1.76. The molecule has 0 aliphatic rings. The maximum atomic E-state index is 5.44. The van der Waals surface area contributed by atoms with Crippen LogP contribution in [0.1, 0.15) is 31.6 Å². The van der Waals surface area contributed by atoms with Crippen LogP contribution in [0.3, 0.4) is 0 Å². The Hall–Kier alpha value is -1.82. The molecule has 6 heteroatoms. The molecule has 0 saturated heterocycles. The molecule has 0 aliphatic heterocycles. The molecule has 0 aromatic carbocycles. The van der Waals surface area contributed by atoms with E-state index in [-0.39, 0.29) is 0 Å². The SMILES string of the molecule is NCCCCCCc1nc(-c2ccncn2)no1. The highest BCUT2D eigenvalue weighted by Gasteiger charge is 2.08. The van der Waals surface area contributed by atoms with Crippen molar-refractivity contribution in [1.82, 2.24) is 20.1 Å². The highest BCUT2D eigenvalue weighted by molar-refractivity contribution is 5.46. The van der Waals surface area contributed by atoms with Crippen molar-refractivity contribution in [2.24, 2.45) is 5.73 Å². The van der Waals surface area contributed by atoms with Crippen LogP contribution in [-0.4, -0.2) is 26.7 Å². The number of hydrogen-bond donors (Lipinski definition) is 1. The number of unbranched alkanes of at least 4 members (excludes halogenated alkanes) is 3. The molecule has 0 bridgehead atoms. The average Bonchev–Trinajstić information content (AvgIpc) is 2.88. The first-order valence-corrected chi connectivity index (χ1v) is 6.19. The van der Waals surface area contributed by atoms with Crippen molar-refractivity contribution in [2.75, 3.05) is 6.54 Å². The quantitative estimate of drug-likeness (QED) is 0.747. The molecule has 0 atom stereocenters. The molecule has 2 heterocycles. The molecule has 0 amide bonds. The van der Waals surface area contributed by atoms with Gasteiger partial charge in [-0.05, 0) is 25.5 Å². The van der Waals surface area contributed by atoms with E-state index in [4.69, 9.17) is 10.3 Å². The zero-order valence-corrected chi connectivity index (χ0v) is 10.2. The maximum Gasteiger partial charge on any atom is 0.227 e. The number of aryl methyl sites for hydroxylation is 1. The molecule has 0 aliphatic carbocycles. The summed E-state index contributed by atoms with van der Waals surface area (Å²) in [7, 11) is 0. The third kappa shape index (κ3) is 3.59. The van der Waals surface area contributed by atoms with E-state index in [1.165, 1.54) is 6.33 Å². The predicted octanol–water partition coefficient (Wildman–Crippen LogP) is 1.59.